The number of carbonyl (C=O) groups is 1. The van der Waals surface area contributed by atoms with Gasteiger partial charge in [0.2, 0.25) is 0 Å². The first-order valence-electron chi connectivity index (χ1n) is 6.19. The molecule has 0 aliphatic rings. The van der Waals surface area contributed by atoms with Crippen LogP contribution in [0.3, 0.4) is 0 Å². The molecule has 1 unspecified atom stereocenters. The van der Waals surface area contributed by atoms with Crippen LogP contribution in [-0.4, -0.2) is 27.9 Å². The average Bonchev–Trinajstić information content (AvgIpc) is 2.98. The van der Waals surface area contributed by atoms with Gasteiger partial charge < -0.3 is 15.6 Å². The molecule has 2 aromatic rings. The number of imidazole rings is 1. The number of H-pyrrole nitrogens is 1. The lowest BCUT2D eigenvalue weighted by Crippen LogP contribution is -2.29. The normalized spacial score (nSPS) is 11.9. The summed E-state index contributed by atoms with van der Waals surface area (Å²) in [5, 5.41) is 5.82. The van der Waals surface area contributed by atoms with Gasteiger partial charge in [-0.25, -0.2) is 9.97 Å². The molecule has 1 atom stereocenters. The molecular weight excluding hydrogens is 242 g/mol. The molecule has 1 amide bonds. The number of hydrogen-bond donors (Lipinski definition) is 3. The fourth-order valence-electron chi connectivity index (χ4n) is 1.76. The number of carbonyl (C=O) groups excluding carboxylic acids is 1. The molecule has 0 saturated heterocycles. The highest BCUT2D eigenvalue weighted by atomic mass is 16.1. The maximum Gasteiger partial charge on any atom is 0.270 e. The zero-order chi connectivity index (χ0) is 13.7. The van der Waals surface area contributed by atoms with E-state index >= 15 is 0 Å². The van der Waals surface area contributed by atoms with E-state index in [9.17, 15) is 4.79 Å². The van der Waals surface area contributed by atoms with Crippen LogP contribution in [0.4, 0.5) is 5.82 Å². The fourth-order valence-corrected chi connectivity index (χ4v) is 1.76. The average molecular weight is 259 g/mol. The molecule has 2 heterocycles. The molecule has 0 aliphatic heterocycles. The van der Waals surface area contributed by atoms with Crippen molar-refractivity contribution in [2.75, 3.05) is 12.4 Å². The van der Waals surface area contributed by atoms with Gasteiger partial charge in [-0.3, -0.25) is 4.79 Å². The van der Waals surface area contributed by atoms with E-state index in [4.69, 9.17) is 0 Å². The molecule has 0 saturated carbocycles. The van der Waals surface area contributed by atoms with Gasteiger partial charge in [0.25, 0.3) is 5.91 Å². The molecule has 6 heteroatoms. The van der Waals surface area contributed by atoms with Crippen LogP contribution in [0.25, 0.3) is 0 Å². The Kier molecular flexibility index (Phi) is 4.12. The summed E-state index contributed by atoms with van der Waals surface area (Å²) in [6.07, 6.45) is 4.17. The Hall–Kier alpha value is -2.37. The predicted octanol–water partition coefficient (Wildman–Crippen LogP) is 1.73. The van der Waals surface area contributed by atoms with Gasteiger partial charge >= 0.3 is 0 Å². The van der Waals surface area contributed by atoms with Gasteiger partial charge in [0, 0.05) is 19.4 Å². The van der Waals surface area contributed by atoms with E-state index in [1.165, 1.54) is 0 Å². The van der Waals surface area contributed by atoms with E-state index in [0.29, 0.717) is 11.5 Å². The van der Waals surface area contributed by atoms with Gasteiger partial charge in [0.15, 0.2) is 0 Å². The summed E-state index contributed by atoms with van der Waals surface area (Å²) in [5.74, 6) is 1.21. The predicted molar refractivity (Wildman–Crippen MR) is 72.9 cm³/mol. The van der Waals surface area contributed by atoms with E-state index in [0.717, 1.165) is 12.2 Å². The van der Waals surface area contributed by atoms with Crippen LogP contribution in [0.1, 0.15) is 35.7 Å². The molecular formula is C13H17N5O. The summed E-state index contributed by atoms with van der Waals surface area (Å²) in [6, 6.07) is 5.15. The largest absolute Gasteiger partial charge is 0.373 e. The highest BCUT2D eigenvalue weighted by molar-refractivity contribution is 5.92. The van der Waals surface area contributed by atoms with Crippen LogP contribution in [0.15, 0.2) is 30.6 Å². The third-order valence-electron chi connectivity index (χ3n) is 2.80. The quantitative estimate of drug-likeness (QED) is 0.763. The Morgan fingerprint density at radius 3 is 2.95 bits per heavy atom. The van der Waals surface area contributed by atoms with E-state index in [2.05, 4.69) is 25.6 Å². The van der Waals surface area contributed by atoms with Crippen LogP contribution < -0.4 is 10.6 Å². The minimum atomic E-state index is -0.208. The van der Waals surface area contributed by atoms with E-state index in [1.54, 1.807) is 37.6 Å². The van der Waals surface area contributed by atoms with Gasteiger partial charge in [-0.15, -0.1) is 0 Å². The van der Waals surface area contributed by atoms with Gasteiger partial charge in [-0.05, 0) is 18.6 Å². The van der Waals surface area contributed by atoms with Gasteiger partial charge in [-0.1, -0.05) is 13.0 Å². The zero-order valence-corrected chi connectivity index (χ0v) is 11.0. The standard InChI is InChI=1S/C13H17N5O/c1-3-9(12-15-7-8-16-12)18-13(19)10-5-4-6-11(14-2)17-10/h4-9H,3H2,1-2H3,(H,14,17)(H,15,16)(H,18,19). The van der Waals surface area contributed by atoms with Crippen molar-refractivity contribution in [3.63, 3.8) is 0 Å². The highest BCUT2D eigenvalue weighted by Gasteiger charge is 2.16. The van der Waals surface area contributed by atoms with Crippen molar-refractivity contribution < 1.29 is 4.79 Å². The summed E-state index contributed by atoms with van der Waals surface area (Å²) < 4.78 is 0. The van der Waals surface area contributed by atoms with Gasteiger partial charge in [0.05, 0.1) is 6.04 Å². The van der Waals surface area contributed by atoms with Gasteiger partial charge in [0.1, 0.15) is 17.3 Å². The third-order valence-corrected chi connectivity index (χ3v) is 2.80. The van der Waals surface area contributed by atoms with Crippen LogP contribution in [0.2, 0.25) is 0 Å². The molecule has 2 aromatic heterocycles. The monoisotopic (exact) mass is 259 g/mol. The smallest absolute Gasteiger partial charge is 0.270 e. The number of rotatable bonds is 5. The Morgan fingerprint density at radius 1 is 1.47 bits per heavy atom. The van der Waals surface area contributed by atoms with Crippen molar-refractivity contribution in [3.05, 3.63) is 42.1 Å². The summed E-state index contributed by atoms with van der Waals surface area (Å²) in [4.78, 5) is 23.5. The number of nitrogens with zero attached hydrogens (tertiary/aromatic N) is 2. The summed E-state index contributed by atoms with van der Waals surface area (Å²) in [6.45, 7) is 1.99. The minimum Gasteiger partial charge on any atom is -0.373 e. The molecule has 100 valence electrons. The number of nitrogens with one attached hydrogen (secondary N) is 3. The summed E-state index contributed by atoms with van der Waals surface area (Å²) in [5.41, 5.74) is 0.386. The second-order valence-electron chi connectivity index (χ2n) is 4.07. The van der Waals surface area contributed by atoms with Crippen molar-refractivity contribution in [2.24, 2.45) is 0 Å². The third kappa shape index (κ3) is 3.09. The molecule has 0 spiro atoms. The molecule has 3 N–H and O–H groups in total. The lowest BCUT2D eigenvalue weighted by molar-refractivity contribution is 0.0929. The van der Waals surface area contributed by atoms with Crippen LogP contribution in [-0.2, 0) is 0 Å². The first kappa shape index (κ1) is 13.1. The van der Waals surface area contributed by atoms with Crippen LogP contribution >= 0.6 is 0 Å². The second kappa shape index (κ2) is 5.99. The SMILES string of the molecule is CCC(NC(=O)c1cccc(NC)n1)c1ncc[nH]1. The van der Waals surface area contributed by atoms with Crippen LogP contribution in [0.5, 0.6) is 0 Å². The Labute approximate surface area is 111 Å². The molecule has 6 nitrogen and oxygen atoms in total. The van der Waals surface area contributed by atoms with Crippen molar-refractivity contribution in [1.29, 1.82) is 0 Å². The molecule has 0 bridgehead atoms. The number of anilines is 1. The first-order chi connectivity index (χ1) is 9.24. The molecule has 0 fully saturated rings. The number of pyridine rings is 1. The maximum absolute atomic E-state index is 12.1. The zero-order valence-electron chi connectivity index (χ0n) is 11.0. The highest BCUT2D eigenvalue weighted by Crippen LogP contribution is 2.12. The van der Waals surface area contributed by atoms with Crippen molar-refractivity contribution >= 4 is 11.7 Å². The molecule has 0 aliphatic carbocycles. The van der Waals surface area contributed by atoms with E-state index in [-0.39, 0.29) is 11.9 Å². The topological polar surface area (TPSA) is 82.7 Å². The van der Waals surface area contributed by atoms with Crippen molar-refractivity contribution in [3.8, 4) is 0 Å². The number of amides is 1. The lowest BCUT2D eigenvalue weighted by Gasteiger charge is -2.14. The number of aromatic nitrogens is 3. The van der Waals surface area contributed by atoms with Gasteiger partial charge in [-0.2, -0.15) is 0 Å². The van der Waals surface area contributed by atoms with Crippen LogP contribution in [0, 0.1) is 0 Å². The Bertz CT molecular complexity index is 538. The first-order valence-corrected chi connectivity index (χ1v) is 6.19. The fraction of sp³-hybridized carbons (Fsp3) is 0.308. The van der Waals surface area contributed by atoms with Crippen molar-refractivity contribution in [1.82, 2.24) is 20.3 Å². The number of hydrogen-bond acceptors (Lipinski definition) is 4. The minimum absolute atomic E-state index is 0.137. The summed E-state index contributed by atoms with van der Waals surface area (Å²) in [7, 11) is 1.77. The number of aromatic amines is 1. The van der Waals surface area contributed by atoms with E-state index in [1.807, 2.05) is 6.92 Å². The Balaban J connectivity index is 2.11. The molecule has 19 heavy (non-hydrogen) atoms. The van der Waals surface area contributed by atoms with E-state index < -0.39 is 0 Å². The van der Waals surface area contributed by atoms with Crippen molar-refractivity contribution in [2.45, 2.75) is 19.4 Å². The molecule has 2 rings (SSSR count). The molecule has 0 radical (unpaired) electrons. The Morgan fingerprint density at radius 2 is 2.32 bits per heavy atom. The second-order valence-corrected chi connectivity index (χ2v) is 4.07. The molecule has 0 aromatic carbocycles. The maximum atomic E-state index is 12.1. The lowest BCUT2D eigenvalue weighted by atomic mass is 10.2. The summed E-state index contributed by atoms with van der Waals surface area (Å²) >= 11 is 0.